The average molecular weight is 326 g/mol. The molecule has 1 aromatic heterocycles. The van der Waals surface area contributed by atoms with Crippen LogP contribution < -0.4 is 5.32 Å². The highest BCUT2D eigenvalue weighted by atomic mass is 32.1. The number of piperidine rings is 1. The van der Waals surface area contributed by atoms with Crippen molar-refractivity contribution in [3.8, 4) is 0 Å². The lowest BCUT2D eigenvalue weighted by Gasteiger charge is -2.30. The van der Waals surface area contributed by atoms with Crippen molar-refractivity contribution >= 4 is 28.5 Å². The van der Waals surface area contributed by atoms with E-state index in [1.54, 1.807) is 4.90 Å². The second kappa shape index (κ2) is 7.53. The number of aliphatic carboxylic acids is 1. The molecule has 0 saturated carbocycles. The Labute approximate surface area is 133 Å². The molecule has 2 amide bonds. The van der Waals surface area contributed by atoms with Crippen LogP contribution >= 0.6 is 11.3 Å². The molecule has 1 fully saturated rings. The maximum Gasteiger partial charge on any atom is 0.323 e. The Balaban J connectivity index is 1.95. The molecule has 2 rings (SSSR count). The number of hydrogen-bond donors (Lipinski definition) is 2. The number of carbonyl (C=O) groups is 2. The standard InChI is InChI=1S/C14H22N4O3S/c1-3-9(4-2)11-16-17-13(22-11)15-14(21)18-7-5-6-10(8-18)12(19)20/h9-10H,3-8H2,1-2H3,(H,19,20)(H,15,17,21). The number of anilines is 1. The molecule has 1 unspecified atom stereocenters. The number of aromatic nitrogens is 2. The molecule has 1 atom stereocenters. The third kappa shape index (κ3) is 3.94. The summed E-state index contributed by atoms with van der Waals surface area (Å²) in [7, 11) is 0. The minimum Gasteiger partial charge on any atom is -0.481 e. The molecule has 122 valence electrons. The lowest BCUT2D eigenvalue weighted by Crippen LogP contribution is -2.44. The zero-order valence-electron chi connectivity index (χ0n) is 12.9. The molecule has 2 heterocycles. The zero-order chi connectivity index (χ0) is 16.1. The largest absolute Gasteiger partial charge is 0.481 e. The molecule has 0 spiro atoms. The Bertz CT molecular complexity index is 530. The van der Waals surface area contributed by atoms with Crippen LogP contribution in [-0.2, 0) is 4.79 Å². The van der Waals surface area contributed by atoms with E-state index < -0.39 is 11.9 Å². The van der Waals surface area contributed by atoms with Crippen LogP contribution in [-0.4, -0.2) is 45.3 Å². The number of amides is 2. The van der Waals surface area contributed by atoms with E-state index in [-0.39, 0.29) is 12.6 Å². The van der Waals surface area contributed by atoms with Crippen LogP contribution in [0.2, 0.25) is 0 Å². The molecule has 8 heteroatoms. The Kier molecular flexibility index (Phi) is 5.70. The Morgan fingerprint density at radius 2 is 2.14 bits per heavy atom. The van der Waals surface area contributed by atoms with Crippen molar-refractivity contribution in [3.05, 3.63) is 5.01 Å². The molecule has 0 bridgehead atoms. The number of likely N-dealkylation sites (tertiary alicyclic amines) is 1. The maximum atomic E-state index is 12.2. The van der Waals surface area contributed by atoms with Crippen molar-refractivity contribution in [1.29, 1.82) is 0 Å². The molecule has 7 nitrogen and oxygen atoms in total. The Hall–Kier alpha value is -1.70. The van der Waals surface area contributed by atoms with Gasteiger partial charge in [-0.15, -0.1) is 10.2 Å². The predicted molar refractivity (Wildman–Crippen MR) is 84.2 cm³/mol. The summed E-state index contributed by atoms with van der Waals surface area (Å²) in [5.74, 6) is -0.951. The molecule has 1 aromatic rings. The molecular formula is C14H22N4O3S. The van der Waals surface area contributed by atoms with Crippen LogP contribution in [0.5, 0.6) is 0 Å². The predicted octanol–water partition coefficient (Wildman–Crippen LogP) is 2.77. The van der Waals surface area contributed by atoms with Crippen LogP contribution in [0.1, 0.15) is 50.5 Å². The van der Waals surface area contributed by atoms with E-state index in [9.17, 15) is 9.59 Å². The van der Waals surface area contributed by atoms with Crippen molar-refractivity contribution < 1.29 is 14.7 Å². The monoisotopic (exact) mass is 326 g/mol. The van der Waals surface area contributed by atoms with E-state index in [4.69, 9.17) is 5.11 Å². The summed E-state index contributed by atoms with van der Waals surface area (Å²) < 4.78 is 0. The number of hydrogen-bond acceptors (Lipinski definition) is 5. The lowest BCUT2D eigenvalue weighted by molar-refractivity contribution is -0.143. The van der Waals surface area contributed by atoms with Gasteiger partial charge in [-0.1, -0.05) is 25.2 Å². The molecule has 22 heavy (non-hydrogen) atoms. The SMILES string of the molecule is CCC(CC)c1nnc(NC(=O)N2CCCC(C(=O)O)C2)s1. The molecule has 0 aliphatic carbocycles. The number of carbonyl (C=O) groups excluding carboxylic acids is 1. The molecule has 0 radical (unpaired) electrons. The van der Waals surface area contributed by atoms with Crippen molar-refractivity contribution in [2.45, 2.75) is 45.4 Å². The van der Waals surface area contributed by atoms with E-state index in [0.717, 1.165) is 17.8 Å². The fourth-order valence-electron chi connectivity index (χ4n) is 2.62. The third-order valence-corrected chi connectivity index (χ3v) is 5.05. The van der Waals surface area contributed by atoms with Crippen LogP contribution in [0.25, 0.3) is 0 Å². The third-order valence-electron chi connectivity index (χ3n) is 4.05. The molecule has 1 aliphatic rings. The number of carboxylic acids is 1. The van der Waals surface area contributed by atoms with Crippen LogP contribution in [0.15, 0.2) is 0 Å². The van der Waals surface area contributed by atoms with Gasteiger partial charge in [-0.2, -0.15) is 0 Å². The van der Waals surface area contributed by atoms with Gasteiger partial charge < -0.3 is 10.0 Å². The van der Waals surface area contributed by atoms with Crippen molar-refractivity contribution in [3.63, 3.8) is 0 Å². The first-order chi connectivity index (χ1) is 10.5. The number of nitrogens with one attached hydrogen (secondary N) is 1. The molecule has 2 N–H and O–H groups in total. The number of carboxylic acid groups (broad SMARTS) is 1. The summed E-state index contributed by atoms with van der Waals surface area (Å²) in [4.78, 5) is 24.8. The summed E-state index contributed by atoms with van der Waals surface area (Å²) in [6, 6.07) is -0.293. The van der Waals surface area contributed by atoms with Gasteiger partial charge in [0.25, 0.3) is 0 Å². The minimum atomic E-state index is -0.843. The number of nitrogens with zero attached hydrogens (tertiary/aromatic N) is 3. The average Bonchev–Trinajstić information content (AvgIpc) is 2.97. The van der Waals surface area contributed by atoms with Crippen molar-refractivity contribution in [2.24, 2.45) is 5.92 Å². The van der Waals surface area contributed by atoms with E-state index in [2.05, 4.69) is 29.4 Å². The molecule has 0 aromatic carbocycles. The van der Waals surface area contributed by atoms with Crippen LogP contribution in [0.3, 0.4) is 0 Å². The van der Waals surface area contributed by atoms with Gasteiger partial charge in [0.1, 0.15) is 5.01 Å². The Morgan fingerprint density at radius 3 is 2.77 bits per heavy atom. The first-order valence-electron chi connectivity index (χ1n) is 7.67. The molecular weight excluding hydrogens is 304 g/mol. The lowest BCUT2D eigenvalue weighted by atomic mass is 9.99. The highest BCUT2D eigenvalue weighted by molar-refractivity contribution is 7.15. The minimum absolute atomic E-state index is 0.249. The highest BCUT2D eigenvalue weighted by Gasteiger charge is 2.28. The van der Waals surface area contributed by atoms with E-state index >= 15 is 0 Å². The fourth-order valence-corrected chi connectivity index (χ4v) is 3.62. The summed E-state index contributed by atoms with van der Waals surface area (Å²) in [6.07, 6.45) is 3.31. The van der Waals surface area contributed by atoms with Gasteiger partial charge in [0, 0.05) is 19.0 Å². The van der Waals surface area contributed by atoms with Gasteiger partial charge in [0.15, 0.2) is 0 Å². The van der Waals surface area contributed by atoms with Crippen molar-refractivity contribution in [2.75, 3.05) is 18.4 Å². The topological polar surface area (TPSA) is 95.4 Å². The van der Waals surface area contributed by atoms with E-state index in [1.165, 1.54) is 11.3 Å². The number of rotatable bonds is 5. The quantitative estimate of drug-likeness (QED) is 0.867. The van der Waals surface area contributed by atoms with Gasteiger partial charge in [-0.3, -0.25) is 10.1 Å². The van der Waals surface area contributed by atoms with Gasteiger partial charge >= 0.3 is 12.0 Å². The summed E-state index contributed by atoms with van der Waals surface area (Å²) in [5, 5.41) is 21.4. The summed E-state index contributed by atoms with van der Waals surface area (Å²) >= 11 is 1.39. The zero-order valence-corrected chi connectivity index (χ0v) is 13.7. The maximum absolute atomic E-state index is 12.2. The van der Waals surface area contributed by atoms with E-state index in [1.807, 2.05) is 0 Å². The smallest absolute Gasteiger partial charge is 0.323 e. The summed E-state index contributed by atoms with van der Waals surface area (Å²) in [6.45, 7) is 5.04. The fraction of sp³-hybridized carbons (Fsp3) is 0.714. The first-order valence-corrected chi connectivity index (χ1v) is 8.48. The van der Waals surface area contributed by atoms with Gasteiger partial charge in [0.2, 0.25) is 5.13 Å². The molecule has 1 aliphatic heterocycles. The normalized spacial score (nSPS) is 18.5. The van der Waals surface area contributed by atoms with Gasteiger partial charge in [0.05, 0.1) is 5.92 Å². The van der Waals surface area contributed by atoms with Gasteiger partial charge in [-0.05, 0) is 25.7 Å². The van der Waals surface area contributed by atoms with E-state index in [0.29, 0.717) is 30.4 Å². The second-order valence-electron chi connectivity index (χ2n) is 5.51. The Morgan fingerprint density at radius 1 is 1.41 bits per heavy atom. The number of urea groups is 1. The molecule has 1 saturated heterocycles. The van der Waals surface area contributed by atoms with Crippen molar-refractivity contribution in [1.82, 2.24) is 15.1 Å². The van der Waals surface area contributed by atoms with Gasteiger partial charge in [-0.25, -0.2) is 4.79 Å². The summed E-state index contributed by atoms with van der Waals surface area (Å²) in [5.41, 5.74) is 0. The van der Waals surface area contributed by atoms with Crippen LogP contribution in [0, 0.1) is 5.92 Å². The van der Waals surface area contributed by atoms with Crippen LogP contribution in [0.4, 0.5) is 9.93 Å². The first kappa shape index (κ1) is 16.7. The highest BCUT2D eigenvalue weighted by Crippen LogP contribution is 2.28. The second-order valence-corrected chi connectivity index (χ2v) is 6.52.